The summed E-state index contributed by atoms with van der Waals surface area (Å²) in [5.41, 5.74) is 0.540. The zero-order valence-corrected chi connectivity index (χ0v) is 22.4. The molecule has 0 aromatic heterocycles. The molecule has 35 heavy (non-hydrogen) atoms. The minimum atomic E-state index is -3.95. The van der Waals surface area contributed by atoms with Crippen molar-refractivity contribution in [3.63, 3.8) is 0 Å². The topological polar surface area (TPSA) is 86.8 Å². The van der Waals surface area contributed by atoms with Crippen molar-refractivity contribution in [3.8, 4) is 0 Å². The molecule has 0 fully saturated rings. The van der Waals surface area contributed by atoms with E-state index in [4.69, 9.17) is 23.2 Å². The van der Waals surface area contributed by atoms with Crippen LogP contribution in [0, 0.1) is 5.82 Å². The first-order chi connectivity index (χ1) is 16.4. The highest BCUT2D eigenvalue weighted by atomic mass is 35.5. The molecule has 192 valence electrons. The third-order valence-electron chi connectivity index (χ3n) is 5.52. The van der Waals surface area contributed by atoms with Crippen LogP contribution in [0.3, 0.4) is 0 Å². The van der Waals surface area contributed by atoms with Gasteiger partial charge in [-0.3, -0.25) is 13.9 Å². The normalized spacial score (nSPS) is 13.1. The number of nitrogens with zero attached hydrogens (tertiary/aromatic N) is 2. The van der Waals surface area contributed by atoms with Gasteiger partial charge in [0.05, 0.1) is 11.9 Å². The molecule has 0 radical (unpaired) electrons. The Labute approximate surface area is 216 Å². The van der Waals surface area contributed by atoms with Crippen LogP contribution in [0.5, 0.6) is 0 Å². The quantitative estimate of drug-likeness (QED) is 0.446. The molecule has 0 aliphatic heterocycles. The van der Waals surface area contributed by atoms with Crippen molar-refractivity contribution in [1.29, 1.82) is 0 Å². The van der Waals surface area contributed by atoms with Gasteiger partial charge in [0, 0.05) is 22.6 Å². The van der Waals surface area contributed by atoms with Gasteiger partial charge in [-0.1, -0.05) is 49.2 Å². The largest absolute Gasteiger partial charge is 0.352 e. The summed E-state index contributed by atoms with van der Waals surface area (Å²) in [6.45, 7) is 4.85. The maximum atomic E-state index is 13.8. The third-order valence-corrected chi connectivity index (χ3v) is 7.25. The molecule has 2 aromatic carbocycles. The van der Waals surface area contributed by atoms with Crippen molar-refractivity contribution in [2.75, 3.05) is 17.1 Å². The Kier molecular flexibility index (Phi) is 10.4. The summed E-state index contributed by atoms with van der Waals surface area (Å²) in [6.07, 6.45) is 1.90. The van der Waals surface area contributed by atoms with Gasteiger partial charge in [-0.05, 0) is 55.7 Å². The molecular weight excluding hydrogens is 516 g/mol. The summed E-state index contributed by atoms with van der Waals surface area (Å²) in [6, 6.07) is 8.72. The number of halogens is 3. The Balaban J connectivity index is 2.48. The van der Waals surface area contributed by atoms with Crippen molar-refractivity contribution in [3.05, 3.63) is 63.9 Å². The Morgan fingerprint density at radius 3 is 2.31 bits per heavy atom. The highest BCUT2D eigenvalue weighted by Crippen LogP contribution is 2.25. The molecule has 0 bridgehead atoms. The molecule has 0 aliphatic carbocycles. The van der Waals surface area contributed by atoms with Gasteiger partial charge in [0.1, 0.15) is 18.4 Å². The molecule has 11 heteroatoms. The van der Waals surface area contributed by atoms with E-state index >= 15 is 0 Å². The molecule has 2 atom stereocenters. The zero-order valence-electron chi connectivity index (χ0n) is 20.1. The van der Waals surface area contributed by atoms with Crippen LogP contribution in [0.2, 0.25) is 10.0 Å². The Morgan fingerprint density at radius 2 is 1.77 bits per heavy atom. The Hall–Kier alpha value is -2.36. The number of nitrogens with one attached hydrogen (secondary N) is 1. The molecule has 0 saturated heterocycles. The summed E-state index contributed by atoms with van der Waals surface area (Å²) < 4.78 is 39.7. The lowest BCUT2D eigenvalue weighted by atomic mass is 10.1. The fourth-order valence-electron chi connectivity index (χ4n) is 3.44. The number of hydrogen-bond donors (Lipinski definition) is 1. The van der Waals surface area contributed by atoms with E-state index in [1.54, 1.807) is 19.1 Å². The van der Waals surface area contributed by atoms with E-state index in [-0.39, 0.29) is 30.6 Å². The van der Waals surface area contributed by atoms with Crippen molar-refractivity contribution >= 4 is 50.7 Å². The molecule has 7 nitrogen and oxygen atoms in total. The molecule has 0 unspecified atom stereocenters. The van der Waals surface area contributed by atoms with E-state index in [0.717, 1.165) is 16.6 Å². The fourth-order valence-corrected chi connectivity index (χ4v) is 4.75. The fraction of sp³-hybridized carbons (Fsp3) is 0.417. The number of carbonyl (C=O) groups is 2. The average molecular weight is 546 g/mol. The van der Waals surface area contributed by atoms with Crippen molar-refractivity contribution in [2.45, 2.75) is 52.2 Å². The first-order valence-corrected chi connectivity index (χ1v) is 13.7. The number of rotatable bonds is 11. The van der Waals surface area contributed by atoms with Crippen molar-refractivity contribution in [2.24, 2.45) is 0 Å². The van der Waals surface area contributed by atoms with E-state index in [1.807, 2.05) is 13.8 Å². The maximum absolute atomic E-state index is 13.8. The van der Waals surface area contributed by atoms with Crippen LogP contribution in [0.25, 0.3) is 0 Å². The monoisotopic (exact) mass is 545 g/mol. The van der Waals surface area contributed by atoms with Crippen LogP contribution in [-0.2, 0) is 26.2 Å². The first-order valence-electron chi connectivity index (χ1n) is 11.1. The van der Waals surface area contributed by atoms with Gasteiger partial charge in [0.15, 0.2) is 0 Å². The van der Waals surface area contributed by atoms with E-state index in [9.17, 15) is 22.4 Å². The van der Waals surface area contributed by atoms with Crippen LogP contribution in [-0.4, -0.2) is 50.0 Å². The summed E-state index contributed by atoms with van der Waals surface area (Å²) in [7, 11) is -3.95. The van der Waals surface area contributed by atoms with Crippen LogP contribution in [0.15, 0.2) is 42.5 Å². The first kappa shape index (κ1) is 28.9. The number of hydrogen-bond acceptors (Lipinski definition) is 4. The summed E-state index contributed by atoms with van der Waals surface area (Å²) in [4.78, 5) is 27.9. The number of sulfonamides is 1. The van der Waals surface area contributed by atoms with Crippen LogP contribution in [0.1, 0.15) is 39.2 Å². The van der Waals surface area contributed by atoms with Gasteiger partial charge in [0.2, 0.25) is 21.8 Å². The Bertz CT molecular complexity index is 1160. The highest BCUT2D eigenvalue weighted by molar-refractivity contribution is 7.92. The molecule has 2 amide bonds. The number of amides is 2. The van der Waals surface area contributed by atoms with Gasteiger partial charge in [-0.2, -0.15) is 0 Å². The van der Waals surface area contributed by atoms with Crippen LogP contribution >= 0.6 is 23.2 Å². The standard InChI is InChI=1S/C24H30Cl2FN3O4S/c1-5-16(3)28-24(32)22(6-2)29(14-17-10-11-18(25)12-21(17)26)23(31)15-30(35(4,33)34)20-9-7-8-19(27)13-20/h7-13,16,22H,5-6,14-15H2,1-4H3,(H,28,32)/t16-,22+/m1/s1. The van der Waals surface area contributed by atoms with E-state index < -0.39 is 34.3 Å². The lowest BCUT2D eigenvalue weighted by Crippen LogP contribution is -2.53. The molecular formula is C24H30Cl2FN3O4S. The lowest BCUT2D eigenvalue weighted by molar-refractivity contribution is -0.140. The highest BCUT2D eigenvalue weighted by Gasteiger charge is 2.32. The van der Waals surface area contributed by atoms with Crippen molar-refractivity contribution in [1.82, 2.24) is 10.2 Å². The van der Waals surface area contributed by atoms with Gasteiger partial charge >= 0.3 is 0 Å². The molecule has 2 aromatic rings. The number of benzene rings is 2. The molecule has 2 rings (SSSR count). The van der Waals surface area contributed by atoms with E-state index in [2.05, 4.69) is 5.32 Å². The predicted octanol–water partition coefficient (Wildman–Crippen LogP) is 4.62. The van der Waals surface area contributed by atoms with E-state index in [1.165, 1.54) is 29.2 Å². The molecule has 0 heterocycles. The molecule has 1 N–H and O–H groups in total. The molecule has 0 saturated carbocycles. The second kappa shape index (κ2) is 12.6. The average Bonchev–Trinajstić information content (AvgIpc) is 2.77. The Morgan fingerprint density at radius 1 is 1.09 bits per heavy atom. The number of carbonyl (C=O) groups excluding carboxylic acids is 2. The predicted molar refractivity (Wildman–Crippen MR) is 138 cm³/mol. The zero-order chi connectivity index (χ0) is 26.3. The van der Waals surface area contributed by atoms with Gasteiger partial charge < -0.3 is 10.2 Å². The van der Waals surface area contributed by atoms with Crippen LogP contribution < -0.4 is 9.62 Å². The molecule has 0 aliphatic rings. The smallest absolute Gasteiger partial charge is 0.244 e. The lowest BCUT2D eigenvalue weighted by Gasteiger charge is -2.33. The van der Waals surface area contributed by atoms with Crippen molar-refractivity contribution < 1.29 is 22.4 Å². The SMILES string of the molecule is CC[C@@H](C)NC(=O)[C@H](CC)N(Cc1ccc(Cl)cc1Cl)C(=O)CN(c1cccc(F)c1)S(C)(=O)=O. The van der Waals surface area contributed by atoms with Crippen LogP contribution in [0.4, 0.5) is 10.1 Å². The second-order valence-corrected chi connectivity index (χ2v) is 11.0. The summed E-state index contributed by atoms with van der Waals surface area (Å²) in [5.74, 6) is -1.65. The van der Waals surface area contributed by atoms with Gasteiger partial charge in [0.25, 0.3) is 0 Å². The van der Waals surface area contributed by atoms with Gasteiger partial charge in [-0.25, -0.2) is 12.8 Å². The third kappa shape index (κ3) is 8.08. The number of anilines is 1. The van der Waals surface area contributed by atoms with E-state index in [0.29, 0.717) is 22.0 Å². The minimum Gasteiger partial charge on any atom is -0.352 e. The summed E-state index contributed by atoms with van der Waals surface area (Å²) >= 11 is 12.3. The minimum absolute atomic E-state index is 0.00225. The summed E-state index contributed by atoms with van der Waals surface area (Å²) in [5, 5.41) is 3.59. The second-order valence-electron chi connectivity index (χ2n) is 8.25. The maximum Gasteiger partial charge on any atom is 0.244 e. The molecule has 0 spiro atoms. The van der Waals surface area contributed by atoms with Gasteiger partial charge in [-0.15, -0.1) is 0 Å².